The van der Waals surface area contributed by atoms with Crippen molar-refractivity contribution in [2.45, 2.75) is 26.3 Å². The maximum atomic E-state index is 11.5. The Morgan fingerprint density at radius 2 is 2.35 bits per heavy atom. The van der Waals surface area contributed by atoms with Crippen LogP contribution in [-0.4, -0.2) is 48.5 Å². The molecule has 0 spiro atoms. The normalized spacial score (nSPS) is 18.9. The number of anilines is 1. The lowest BCUT2D eigenvalue weighted by Crippen LogP contribution is -2.31. The van der Waals surface area contributed by atoms with Crippen molar-refractivity contribution in [3.05, 3.63) is 23.8 Å². The van der Waals surface area contributed by atoms with Crippen LogP contribution in [0.25, 0.3) is 10.2 Å². The van der Waals surface area contributed by atoms with Crippen molar-refractivity contribution in [2.24, 2.45) is 11.7 Å². The summed E-state index contributed by atoms with van der Waals surface area (Å²) in [7, 11) is 2.07. The average Bonchev–Trinajstić information content (AvgIpc) is 3.12. The molecule has 0 aliphatic carbocycles. The number of hydrogen-bond acceptors (Lipinski definition) is 5. The van der Waals surface area contributed by atoms with Gasteiger partial charge in [-0.3, -0.25) is 4.79 Å². The van der Waals surface area contributed by atoms with Gasteiger partial charge in [0.2, 0.25) is 0 Å². The minimum atomic E-state index is -0.449. The molecule has 2 N–H and O–H groups in total. The standard InChI is InChI=1S/C17H23N4OS/c1-11(2)21-8-7-12(10-21)9-20(3)17-19-15-13(16(18)22)5-4-6-14(15)23-17/h5-6,11-12H,7-10H2,1-3H3,(H2,18,22). The summed E-state index contributed by atoms with van der Waals surface area (Å²) in [6.45, 7) is 7.81. The van der Waals surface area contributed by atoms with Gasteiger partial charge in [0.15, 0.2) is 5.13 Å². The molecule has 1 radical (unpaired) electrons. The molecule has 2 heterocycles. The monoisotopic (exact) mass is 331 g/mol. The number of nitrogens with zero attached hydrogens (tertiary/aromatic N) is 3. The first-order valence-corrected chi connectivity index (χ1v) is 8.83. The summed E-state index contributed by atoms with van der Waals surface area (Å²) in [6, 6.07) is 7.07. The lowest BCUT2D eigenvalue weighted by atomic mass is 10.1. The third kappa shape index (κ3) is 3.33. The number of carbonyl (C=O) groups excluding carboxylic acids is 1. The molecule has 2 aromatic rings. The number of nitrogens with two attached hydrogens (primary N) is 1. The van der Waals surface area contributed by atoms with Gasteiger partial charge in [-0.05, 0) is 50.9 Å². The number of benzene rings is 1. The van der Waals surface area contributed by atoms with Gasteiger partial charge in [-0.1, -0.05) is 11.3 Å². The Balaban J connectivity index is 1.75. The summed E-state index contributed by atoms with van der Waals surface area (Å²) < 4.78 is 0.957. The molecular weight excluding hydrogens is 308 g/mol. The van der Waals surface area contributed by atoms with E-state index < -0.39 is 5.91 Å². The molecule has 23 heavy (non-hydrogen) atoms. The summed E-state index contributed by atoms with van der Waals surface area (Å²) in [5.74, 6) is 0.214. The number of hydrogen-bond donors (Lipinski definition) is 1. The van der Waals surface area contributed by atoms with E-state index >= 15 is 0 Å². The topological polar surface area (TPSA) is 62.5 Å². The van der Waals surface area contributed by atoms with E-state index in [0.29, 0.717) is 23.0 Å². The van der Waals surface area contributed by atoms with E-state index in [2.05, 4.69) is 41.7 Å². The highest BCUT2D eigenvalue weighted by Gasteiger charge is 2.26. The molecule has 5 nitrogen and oxygen atoms in total. The van der Waals surface area contributed by atoms with Crippen molar-refractivity contribution in [2.75, 3.05) is 31.6 Å². The molecule has 1 unspecified atom stereocenters. The molecule has 1 aliphatic rings. The van der Waals surface area contributed by atoms with Crippen LogP contribution >= 0.6 is 11.3 Å². The number of amides is 1. The fraction of sp³-hybridized carbons (Fsp3) is 0.529. The third-order valence-electron chi connectivity index (χ3n) is 4.51. The van der Waals surface area contributed by atoms with Crippen LogP contribution in [0.5, 0.6) is 0 Å². The van der Waals surface area contributed by atoms with Crippen LogP contribution in [0.2, 0.25) is 0 Å². The van der Waals surface area contributed by atoms with E-state index in [1.54, 1.807) is 17.4 Å². The summed E-state index contributed by atoms with van der Waals surface area (Å²) in [6.07, 6.45) is 1.23. The quantitative estimate of drug-likeness (QED) is 0.913. The van der Waals surface area contributed by atoms with Gasteiger partial charge < -0.3 is 15.5 Å². The molecule has 1 aromatic carbocycles. The molecular formula is C17H23N4OS. The van der Waals surface area contributed by atoms with Crippen molar-refractivity contribution < 1.29 is 4.79 Å². The van der Waals surface area contributed by atoms with E-state index in [0.717, 1.165) is 22.9 Å². The average molecular weight is 331 g/mol. The highest BCUT2D eigenvalue weighted by atomic mass is 32.1. The number of rotatable bonds is 5. The van der Waals surface area contributed by atoms with Crippen LogP contribution in [0, 0.1) is 12.0 Å². The Morgan fingerprint density at radius 3 is 3.00 bits per heavy atom. The number of carbonyl (C=O) groups is 1. The smallest absolute Gasteiger partial charge is 0.250 e. The summed E-state index contributed by atoms with van der Waals surface area (Å²) in [5, 5.41) is 0.935. The predicted molar refractivity (Wildman–Crippen MR) is 95.1 cm³/mol. The molecule has 1 aliphatic heterocycles. The van der Waals surface area contributed by atoms with Crippen molar-refractivity contribution in [1.29, 1.82) is 0 Å². The lowest BCUT2D eigenvalue weighted by molar-refractivity contribution is 0.100. The van der Waals surface area contributed by atoms with Crippen LogP contribution in [-0.2, 0) is 0 Å². The Hall–Kier alpha value is -1.66. The highest BCUT2D eigenvalue weighted by Crippen LogP contribution is 2.31. The molecule has 3 rings (SSSR count). The molecule has 0 bridgehead atoms. The zero-order valence-corrected chi connectivity index (χ0v) is 14.7. The molecule has 1 aromatic heterocycles. The van der Waals surface area contributed by atoms with Crippen molar-refractivity contribution in [3.63, 3.8) is 0 Å². The Kier molecular flexibility index (Phi) is 4.55. The summed E-state index contributed by atoms with van der Waals surface area (Å²) in [4.78, 5) is 20.9. The largest absolute Gasteiger partial charge is 0.366 e. The minimum absolute atomic E-state index is 0.449. The molecule has 123 valence electrons. The van der Waals surface area contributed by atoms with Gasteiger partial charge in [-0.15, -0.1) is 0 Å². The Labute approximate surface area is 141 Å². The second kappa shape index (κ2) is 6.45. The van der Waals surface area contributed by atoms with E-state index in [-0.39, 0.29) is 0 Å². The zero-order valence-electron chi connectivity index (χ0n) is 13.9. The Bertz CT molecular complexity index is 712. The van der Waals surface area contributed by atoms with Crippen LogP contribution < -0.4 is 10.6 Å². The van der Waals surface area contributed by atoms with Gasteiger partial charge >= 0.3 is 0 Å². The first kappa shape index (κ1) is 16.2. The van der Waals surface area contributed by atoms with Crippen LogP contribution in [0.3, 0.4) is 0 Å². The van der Waals surface area contributed by atoms with Crippen molar-refractivity contribution in [1.82, 2.24) is 9.88 Å². The molecule has 1 saturated heterocycles. The van der Waals surface area contributed by atoms with E-state index in [9.17, 15) is 4.79 Å². The number of primary amides is 1. The van der Waals surface area contributed by atoms with Crippen LogP contribution in [0.4, 0.5) is 5.13 Å². The lowest BCUT2D eigenvalue weighted by Gasteiger charge is -2.23. The molecule has 6 heteroatoms. The minimum Gasteiger partial charge on any atom is -0.366 e. The number of aromatic nitrogens is 1. The first-order chi connectivity index (χ1) is 11.0. The maximum absolute atomic E-state index is 11.5. The van der Waals surface area contributed by atoms with E-state index in [1.807, 2.05) is 6.07 Å². The van der Waals surface area contributed by atoms with Crippen molar-refractivity contribution in [3.8, 4) is 0 Å². The Morgan fingerprint density at radius 1 is 1.57 bits per heavy atom. The van der Waals surface area contributed by atoms with Gasteiger partial charge in [-0.2, -0.15) is 0 Å². The number of fused-ring (bicyclic) bond motifs is 1. The van der Waals surface area contributed by atoms with Crippen LogP contribution in [0.15, 0.2) is 12.1 Å². The predicted octanol–water partition coefficient (Wildman–Crippen LogP) is 2.36. The summed E-state index contributed by atoms with van der Waals surface area (Å²) in [5.41, 5.74) is 6.57. The van der Waals surface area contributed by atoms with Crippen molar-refractivity contribution >= 4 is 32.6 Å². The summed E-state index contributed by atoms with van der Waals surface area (Å²) >= 11 is 1.59. The van der Waals surface area contributed by atoms with Gasteiger partial charge in [0.1, 0.15) is 0 Å². The first-order valence-electron chi connectivity index (χ1n) is 8.01. The SMILES string of the molecule is CC(C)N1CCC(CN(C)c2nc3c(C(N)=O)c[c]cc3s2)C1. The van der Waals surface area contributed by atoms with Gasteiger partial charge in [0, 0.05) is 26.2 Å². The zero-order chi connectivity index (χ0) is 16.6. The second-order valence-electron chi connectivity index (χ2n) is 6.57. The number of thiazole rings is 1. The van der Waals surface area contributed by atoms with Gasteiger partial charge in [0.05, 0.1) is 15.8 Å². The van der Waals surface area contributed by atoms with Crippen LogP contribution in [0.1, 0.15) is 30.6 Å². The highest BCUT2D eigenvalue weighted by molar-refractivity contribution is 7.22. The molecule has 1 atom stereocenters. The fourth-order valence-electron chi connectivity index (χ4n) is 3.18. The fourth-order valence-corrected chi connectivity index (χ4v) is 4.12. The maximum Gasteiger partial charge on any atom is 0.250 e. The molecule has 0 saturated carbocycles. The molecule has 1 fully saturated rings. The van der Waals surface area contributed by atoms with Gasteiger partial charge in [0.25, 0.3) is 5.91 Å². The van der Waals surface area contributed by atoms with Gasteiger partial charge in [-0.25, -0.2) is 4.98 Å². The third-order valence-corrected chi connectivity index (χ3v) is 5.63. The van der Waals surface area contributed by atoms with E-state index in [1.165, 1.54) is 13.0 Å². The second-order valence-corrected chi connectivity index (χ2v) is 7.58. The van der Waals surface area contributed by atoms with E-state index in [4.69, 9.17) is 5.73 Å². The number of likely N-dealkylation sites (tertiary alicyclic amines) is 1. The molecule has 1 amide bonds.